The first-order valence-electron chi connectivity index (χ1n) is 6.56. The molecule has 1 N–H and O–H groups in total. The monoisotopic (exact) mass is 267 g/mol. The maximum Gasteiger partial charge on any atom is 0.165 e. The highest BCUT2D eigenvalue weighted by Crippen LogP contribution is 2.31. The van der Waals surface area contributed by atoms with Gasteiger partial charge in [0.15, 0.2) is 11.5 Å². The Labute approximate surface area is 116 Å². The van der Waals surface area contributed by atoms with Crippen molar-refractivity contribution >= 4 is 0 Å². The van der Waals surface area contributed by atoms with Crippen molar-refractivity contribution in [3.05, 3.63) is 23.8 Å². The predicted molar refractivity (Wildman–Crippen MR) is 77.0 cm³/mol. The number of para-hydroxylation sites is 1. The van der Waals surface area contributed by atoms with Crippen molar-refractivity contribution in [1.29, 1.82) is 0 Å². The standard InChI is InChI=1S/C15H25NO3/c1-6-19-13-9-7-8-12(14(13)18-5)10-16-15(2,3)11-17-4/h7-9,16H,6,10-11H2,1-5H3. The van der Waals surface area contributed by atoms with Crippen molar-refractivity contribution in [2.45, 2.75) is 32.9 Å². The molecule has 0 aromatic heterocycles. The summed E-state index contributed by atoms with van der Waals surface area (Å²) >= 11 is 0. The van der Waals surface area contributed by atoms with Crippen LogP contribution in [-0.2, 0) is 11.3 Å². The average Bonchev–Trinajstić information content (AvgIpc) is 2.37. The van der Waals surface area contributed by atoms with Crippen LogP contribution in [0.3, 0.4) is 0 Å². The van der Waals surface area contributed by atoms with Crippen LogP contribution >= 0.6 is 0 Å². The fourth-order valence-corrected chi connectivity index (χ4v) is 1.95. The van der Waals surface area contributed by atoms with Gasteiger partial charge in [-0.3, -0.25) is 0 Å². The lowest BCUT2D eigenvalue weighted by Gasteiger charge is -2.26. The lowest BCUT2D eigenvalue weighted by Crippen LogP contribution is -2.42. The van der Waals surface area contributed by atoms with E-state index < -0.39 is 0 Å². The van der Waals surface area contributed by atoms with E-state index in [1.165, 1.54) is 0 Å². The zero-order valence-electron chi connectivity index (χ0n) is 12.6. The lowest BCUT2D eigenvalue weighted by molar-refractivity contribution is 0.127. The van der Waals surface area contributed by atoms with Crippen LogP contribution in [0.2, 0.25) is 0 Å². The number of hydrogen-bond donors (Lipinski definition) is 1. The van der Waals surface area contributed by atoms with Gasteiger partial charge < -0.3 is 19.5 Å². The lowest BCUT2D eigenvalue weighted by atomic mass is 10.1. The molecule has 0 radical (unpaired) electrons. The van der Waals surface area contributed by atoms with Crippen molar-refractivity contribution in [1.82, 2.24) is 5.32 Å². The summed E-state index contributed by atoms with van der Waals surface area (Å²) in [5, 5.41) is 3.46. The Bertz CT molecular complexity index is 391. The molecule has 0 aliphatic heterocycles. The molecule has 0 unspecified atom stereocenters. The van der Waals surface area contributed by atoms with E-state index in [0.29, 0.717) is 19.8 Å². The Balaban J connectivity index is 2.80. The van der Waals surface area contributed by atoms with Gasteiger partial charge in [-0.15, -0.1) is 0 Å². The molecule has 0 fully saturated rings. The normalized spacial score (nSPS) is 11.4. The van der Waals surface area contributed by atoms with Crippen LogP contribution in [0.15, 0.2) is 18.2 Å². The van der Waals surface area contributed by atoms with Gasteiger partial charge in [-0.1, -0.05) is 12.1 Å². The van der Waals surface area contributed by atoms with E-state index in [2.05, 4.69) is 19.2 Å². The summed E-state index contributed by atoms with van der Waals surface area (Å²) in [4.78, 5) is 0. The second-order valence-electron chi connectivity index (χ2n) is 5.05. The second-order valence-corrected chi connectivity index (χ2v) is 5.05. The van der Waals surface area contributed by atoms with Crippen LogP contribution in [-0.4, -0.2) is 33.0 Å². The summed E-state index contributed by atoms with van der Waals surface area (Å²) in [5.41, 5.74) is 0.999. The molecule has 0 saturated carbocycles. The molecule has 0 atom stereocenters. The SMILES string of the molecule is CCOc1cccc(CNC(C)(C)COC)c1OC. The number of nitrogens with one attached hydrogen (secondary N) is 1. The summed E-state index contributed by atoms with van der Waals surface area (Å²) < 4.78 is 16.2. The van der Waals surface area contributed by atoms with Gasteiger partial charge in [0, 0.05) is 24.8 Å². The van der Waals surface area contributed by atoms with E-state index in [1.54, 1.807) is 14.2 Å². The van der Waals surface area contributed by atoms with Crippen molar-refractivity contribution < 1.29 is 14.2 Å². The van der Waals surface area contributed by atoms with Gasteiger partial charge in [-0.25, -0.2) is 0 Å². The first-order valence-corrected chi connectivity index (χ1v) is 6.56. The third-order valence-corrected chi connectivity index (χ3v) is 2.83. The molecule has 0 heterocycles. The third-order valence-electron chi connectivity index (χ3n) is 2.83. The fourth-order valence-electron chi connectivity index (χ4n) is 1.95. The zero-order chi connectivity index (χ0) is 14.3. The quantitative estimate of drug-likeness (QED) is 0.786. The molecule has 1 rings (SSSR count). The Kier molecular flexibility index (Phi) is 6.12. The topological polar surface area (TPSA) is 39.7 Å². The first-order chi connectivity index (χ1) is 9.04. The summed E-state index contributed by atoms with van der Waals surface area (Å²) in [6.07, 6.45) is 0. The van der Waals surface area contributed by atoms with Crippen LogP contribution in [0.4, 0.5) is 0 Å². The van der Waals surface area contributed by atoms with E-state index in [-0.39, 0.29) is 5.54 Å². The molecule has 1 aromatic rings. The Hall–Kier alpha value is -1.26. The molecule has 1 aromatic carbocycles. The highest BCUT2D eigenvalue weighted by atomic mass is 16.5. The summed E-state index contributed by atoms with van der Waals surface area (Å²) in [5.74, 6) is 1.58. The van der Waals surface area contributed by atoms with E-state index in [9.17, 15) is 0 Å². The maximum atomic E-state index is 5.57. The molecule has 108 valence electrons. The van der Waals surface area contributed by atoms with E-state index in [4.69, 9.17) is 14.2 Å². The van der Waals surface area contributed by atoms with Crippen LogP contribution < -0.4 is 14.8 Å². The predicted octanol–water partition coefficient (Wildman–Crippen LogP) is 2.61. The van der Waals surface area contributed by atoms with E-state index >= 15 is 0 Å². The van der Waals surface area contributed by atoms with Crippen LogP contribution in [0, 0.1) is 0 Å². The number of ether oxygens (including phenoxy) is 3. The minimum absolute atomic E-state index is 0.0820. The van der Waals surface area contributed by atoms with Crippen LogP contribution in [0.1, 0.15) is 26.3 Å². The van der Waals surface area contributed by atoms with Gasteiger partial charge in [-0.2, -0.15) is 0 Å². The summed E-state index contributed by atoms with van der Waals surface area (Å²) in [6.45, 7) is 8.17. The molecule has 4 nitrogen and oxygen atoms in total. The number of benzene rings is 1. The van der Waals surface area contributed by atoms with Crippen LogP contribution in [0.25, 0.3) is 0 Å². The van der Waals surface area contributed by atoms with Gasteiger partial charge in [0.25, 0.3) is 0 Å². The minimum atomic E-state index is -0.0820. The first kappa shape index (κ1) is 15.8. The van der Waals surface area contributed by atoms with E-state index in [1.807, 2.05) is 25.1 Å². The van der Waals surface area contributed by atoms with Gasteiger partial charge in [0.2, 0.25) is 0 Å². The number of rotatable bonds is 8. The van der Waals surface area contributed by atoms with Crippen molar-refractivity contribution in [2.75, 3.05) is 27.4 Å². The number of methoxy groups -OCH3 is 2. The highest BCUT2D eigenvalue weighted by molar-refractivity contribution is 5.46. The van der Waals surface area contributed by atoms with E-state index in [0.717, 1.165) is 17.1 Å². The summed E-state index contributed by atoms with van der Waals surface area (Å²) in [7, 11) is 3.38. The van der Waals surface area contributed by atoms with Gasteiger partial charge in [-0.05, 0) is 26.8 Å². The molecular weight excluding hydrogens is 242 g/mol. The van der Waals surface area contributed by atoms with Crippen molar-refractivity contribution in [2.24, 2.45) is 0 Å². The van der Waals surface area contributed by atoms with Crippen molar-refractivity contribution in [3.8, 4) is 11.5 Å². The highest BCUT2D eigenvalue weighted by Gasteiger charge is 2.18. The second kappa shape index (κ2) is 7.36. The molecule has 0 amide bonds. The average molecular weight is 267 g/mol. The number of hydrogen-bond acceptors (Lipinski definition) is 4. The third kappa shape index (κ3) is 4.73. The molecule has 0 saturated heterocycles. The smallest absolute Gasteiger partial charge is 0.165 e. The Morgan fingerprint density at radius 1 is 1.21 bits per heavy atom. The Morgan fingerprint density at radius 3 is 2.53 bits per heavy atom. The molecule has 0 aliphatic rings. The zero-order valence-corrected chi connectivity index (χ0v) is 12.6. The minimum Gasteiger partial charge on any atom is -0.493 e. The van der Waals surface area contributed by atoms with Crippen molar-refractivity contribution in [3.63, 3.8) is 0 Å². The maximum absolute atomic E-state index is 5.57. The summed E-state index contributed by atoms with van der Waals surface area (Å²) in [6, 6.07) is 5.94. The molecule has 19 heavy (non-hydrogen) atoms. The molecule has 0 aliphatic carbocycles. The van der Waals surface area contributed by atoms with Crippen LogP contribution in [0.5, 0.6) is 11.5 Å². The fraction of sp³-hybridized carbons (Fsp3) is 0.600. The Morgan fingerprint density at radius 2 is 1.95 bits per heavy atom. The molecule has 0 spiro atoms. The molecular formula is C15H25NO3. The largest absolute Gasteiger partial charge is 0.493 e. The van der Waals surface area contributed by atoms with Gasteiger partial charge in [0.05, 0.1) is 20.3 Å². The molecule has 4 heteroatoms. The molecule has 0 bridgehead atoms. The van der Waals surface area contributed by atoms with Gasteiger partial charge in [0.1, 0.15) is 0 Å². The van der Waals surface area contributed by atoms with Gasteiger partial charge >= 0.3 is 0 Å².